The summed E-state index contributed by atoms with van der Waals surface area (Å²) < 4.78 is 39.1. The average Bonchev–Trinajstić information content (AvgIpc) is 3.27. The van der Waals surface area contributed by atoms with E-state index in [1.165, 1.54) is 11.1 Å². The van der Waals surface area contributed by atoms with Crippen LogP contribution >= 0.6 is 0 Å². The lowest BCUT2D eigenvalue weighted by atomic mass is 10.0. The molecule has 0 saturated heterocycles. The standard InChI is InChI=1S/C23H23N3O2.C2HF3O2/c1-17-14-26(16-24-17)21-8-7-19(13-23(21)28-2)22(27)10-12-25-11-9-18-5-3-4-6-20(18)15-25;3-2(4,5)1(6)7/h3-8,10,12-14,16H,9,11,15H2,1-2H3;(H,6,7)/b12-10+;. The third-order valence-electron chi connectivity index (χ3n) is 5.29. The highest BCUT2D eigenvalue weighted by Crippen LogP contribution is 2.25. The molecule has 1 aliphatic heterocycles. The van der Waals surface area contributed by atoms with E-state index in [9.17, 15) is 18.0 Å². The van der Waals surface area contributed by atoms with Crippen molar-refractivity contribution in [3.8, 4) is 11.4 Å². The van der Waals surface area contributed by atoms with Gasteiger partial charge in [0.15, 0.2) is 5.78 Å². The summed E-state index contributed by atoms with van der Waals surface area (Å²) in [7, 11) is 1.61. The van der Waals surface area contributed by atoms with Crippen LogP contribution in [-0.2, 0) is 17.8 Å². The normalized spacial score (nSPS) is 13.1. The van der Waals surface area contributed by atoms with Crippen LogP contribution in [0.4, 0.5) is 13.2 Å². The number of aryl methyl sites for hydroxylation is 1. The van der Waals surface area contributed by atoms with E-state index in [0.717, 1.165) is 30.9 Å². The van der Waals surface area contributed by atoms with E-state index < -0.39 is 12.1 Å². The number of ether oxygens (including phenoxy) is 1. The molecule has 10 heteroatoms. The summed E-state index contributed by atoms with van der Waals surface area (Å²) in [6.07, 6.45) is 3.12. The first kappa shape index (κ1) is 25.5. The number of carboxylic acid groups (broad SMARTS) is 1. The third kappa shape index (κ3) is 6.72. The molecule has 0 unspecified atom stereocenters. The second-order valence-corrected chi connectivity index (χ2v) is 7.78. The number of nitrogens with zero attached hydrogens (tertiary/aromatic N) is 3. The summed E-state index contributed by atoms with van der Waals surface area (Å²) in [6.45, 7) is 3.69. The fraction of sp³-hybridized carbons (Fsp3) is 0.240. The fourth-order valence-electron chi connectivity index (χ4n) is 3.51. The number of carboxylic acids is 1. The molecule has 0 amide bonds. The fourth-order valence-corrected chi connectivity index (χ4v) is 3.51. The Bertz CT molecular complexity index is 1230. The summed E-state index contributed by atoms with van der Waals surface area (Å²) in [5.41, 5.74) is 5.11. The minimum Gasteiger partial charge on any atom is -0.495 e. The van der Waals surface area contributed by atoms with Crippen molar-refractivity contribution in [3.63, 3.8) is 0 Å². The van der Waals surface area contributed by atoms with Crippen molar-refractivity contribution in [2.75, 3.05) is 13.7 Å². The van der Waals surface area contributed by atoms with Gasteiger partial charge in [-0.3, -0.25) is 4.79 Å². The quantitative estimate of drug-likeness (QED) is 0.419. The number of aromatic nitrogens is 2. The van der Waals surface area contributed by atoms with Crippen molar-refractivity contribution in [3.05, 3.63) is 89.6 Å². The number of ketones is 1. The zero-order valence-corrected chi connectivity index (χ0v) is 19.1. The molecule has 3 aromatic rings. The molecule has 0 radical (unpaired) electrons. The maximum absolute atomic E-state index is 12.7. The topological polar surface area (TPSA) is 84.7 Å². The van der Waals surface area contributed by atoms with E-state index >= 15 is 0 Å². The lowest BCUT2D eigenvalue weighted by molar-refractivity contribution is -0.192. The highest BCUT2D eigenvalue weighted by atomic mass is 19.4. The summed E-state index contributed by atoms with van der Waals surface area (Å²) in [5.74, 6) is -2.15. The Morgan fingerprint density at radius 1 is 1.14 bits per heavy atom. The Morgan fingerprint density at radius 2 is 1.83 bits per heavy atom. The Kier molecular flexibility index (Phi) is 7.95. The maximum Gasteiger partial charge on any atom is 0.490 e. The molecule has 4 rings (SSSR count). The highest BCUT2D eigenvalue weighted by Gasteiger charge is 2.38. The van der Waals surface area contributed by atoms with Crippen LogP contribution in [0.2, 0.25) is 0 Å². The molecule has 184 valence electrons. The Balaban J connectivity index is 0.000000429. The predicted octanol–water partition coefficient (Wildman–Crippen LogP) is 4.58. The van der Waals surface area contributed by atoms with Gasteiger partial charge in [0, 0.05) is 37.1 Å². The van der Waals surface area contributed by atoms with E-state index in [1.807, 2.05) is 36.0 Å². The summed E-state index contributed by atoms with van der Waals surface area (Å²) in [5, 5.41) is 7.12. The molecule has 0 atom stereocenters. The first-order chi connectivity index (χ1) is 16.6. The van der Waals surface area contributed by atoms with E-state index in [4.69, 9.17) is 14.6 Å². The number of carbonyl (C=O) groups is 2. The number of benzene rings is 2. The van der Waals surface area contributed by atoms with Crippen LogP contribution in [0.3, 0.4) is 0 Å². The van der Waals surface area contributed by atoms with Crippen LogP contribution in [0.15, 0.2) is 67.3 Å². The Hall–Kier alpha value is -4.08. The second kappa shape index (κ2) is 10.9. The van der Waals surface area contributed by atoms with Gasteiger partial charge in [-0.25, -0.2) is 9.78 Å². The van der Waals surface area contributed by atoms with E-state index in [1.54, 1.807) is 25.6 Å². The summed E-state index contributed by atoms with van der Waals surface area (Å²) >= 11 is 0. The number of methoxy groups -OCH3 is 1. The molecule has 0 spiro atoms. The number of rotatable bonds is 5. The van der Waals surface area contributed by atoms with Crippen LogP contribution in [-0.4, -0.2) is 51.1 Å². The van der Waals surface area contributed by atoms with Crippen molar-refractivity contribution in [2.45, 2.75) is 26.1 Å². The van der Waals surface area contributed by atoms with Crippen LogP contribution in [0.25, 0.3) is 5.69 Å². The molecule has 7 nitrogen and oxygen atoms in total. The summed E-state index contributed by atoms with van der Waals surface area (Å²) in [4.78, 5) is 28.0. The lowest BCUT2D eigenvalue weighted by Gasteiger charge is -2.27. The van der Waals surface area contributed by atoms with Gasteiger partial charge in [0.05, 0.1) is 24.8 Å². The van der Waals surface area contributed by atoms with Gasteiger partial charge in [0.1, 0.15) is 5.75 Å². The van der Waals surface area contributed by atoms with Crippen LogP contribution < -0.4 is 4.74 Å². The van der Waals surface area contributed by atoms with Crippen molar-refractivity contribution in [1.29, 1.82) is 0 Å². The third-order valence-corrected chi connectivity index (χ3v) is 5.29. The van der Waals surface area contributed by atoms with Gasteiger partial charge in [-0.1, -0.05) is 24.3 Å². The number of allylic oxidation sites excluding steroid dienone is 1. The number of fused-ring (bicyclic) bond motifs is 1. The van der Waals surface area contributed by atoms with Crippen LogP contribution in [0.1, 0.15) is 27.2 Å². The molecule has 1 N–H and O–H groups in total. The Labute approximate surface area is 200 Å². The maximum atomic E-state index is 12.7. The predicted molar refractivity (Wildman–Crippen MR) is 123 cm³/mol. The van der Waals surface area contributed by atoms with Crippen LogP contribution in [0, 0.1) is 6.92 Å². The van der Waals surface area contributed by atoms with Crippen LogP contribution in [0.5, 0.6) is 5.75 Å². The lowest BCUT2D eigenvalue weighted by Crippen LogP contribution is -2.25. The molecule has 1 aromatic heterocycles. The monoisotopic (exact) mass is 487 g/mol. The number of halogens is 3. The van der Waals surface area contributed by atoms with E-state index in [-0.39, 0.29) is 5.78 Å². The SMILES string of the molecule is COc1cc(C(=O)/C=C/N2CCc3ccccc3C2)ccc1-n1cnc(C)c1.O=C(O)C(F)(F)F. The minimum atomic E-state index is -5.08. The number of imidazole rings is 1. The Morgan fingerprint density at radius 3 is 2.43 bits per heavy atom. The van der Waals surface area contributed by atoms with Gasteiger partial charge in [0.25, 0.3) is 0 Å². The number of hydrogen-bond donors (Lipinski definition) is 1. The van der Waals surface area contributed by atoms with Gasteiger partial charge in [0.2, 0.25) is 0 Å². The molecule has 2 aromatic carbocycles. The van der Waals surface area contributed by atoms with Gasteiger partial charge in [-0.15, -0.1) is 0 Å². The van der Waals surface area contributed by atoms with Crippen molar-refractivity contribution >= 4 is 11.8 Å². The van der Waals surface area contributed by atoms with Gasteiger partial charge in [-0.2, -0.15) is 13.2 Å². The smallest absolute Gasteiger partial charge is 0.490 e. The highest BCUT2D eigenvalue weighted by molar-refractivity contribution is 6.04. The first-order valence-electron chi connectivity index (χ1n) is 10.6. The molecule has 0 bridgehead atoms. The van der Waals surface area contributed by atoms with Crippen molar-refractivity contribution < 1.29 is 32.6 Å². The molecular weight excluding hydrogens is 463 g/mol. The second-order valence-electron chi connectivity index (χ2n) is 7.78. The molecule has 35 heavy (non-hydrogen) atoms. The molecule has 0 fully saturated rings. The molecule has 1 aliphatic rings. The van der Waals surface area contributed by atoms with E-state index in [2.05, 4.69) is 34.1 Å². The molecule has 0 aliphatic carbocycles. The average molecular weight is 487 g/mol. The van der Waals surface area contributed by atoms with E-state index in [0.29, 0.717) is 11.3 Å². The number of hydrogen-bond acceptors (Lipinski definition) is 5. The molecular formula is C25H24F3N3O4. The number of alkyl halides is 3. The van der Waals surface area contributed by atoms with Crippen molar-refractivity contribution in [1.82, 2.24) is 14.5 Å². The zero-order chi connectivity index (χ0) is 25.6. The van der Waals surface area contributed by atoms with Gasteiger partial charge < -0.3 is 19.3 Å². The largest absolute Gasteiger partial charge is 0.495 e. The number of carbonyl (C=O) groups excluding carboxylic acids is 1. The molecule has 2 heterocycles. The number of aliphatic carboxylic acids is 1. The molecule has 0 saturated carbocycles. The van der Waals surface area contributed by atoms with Gasteiger partial charge >= 0.3 is 12.1 Å². The summed E-state index contributed by atoms with van der Waals surface area (Å²) in [6, 6.07) is 14.0. The first-order valence-corrected chi connectivity index (χ1v) is 10.6. The van der Waals surface area contributed by atoms with Gasteiger partial charge in [-0.05, 0) is 42.7 Å². The minimum absolute atomic E-state index is 0.0366. The zero-order valence-electron chi connectivity index (χ0n) is 19.1. The van der Waals surface area contributed by atoms with Crippen molar-refractivity contribution in [2.24, 2.45) is 0 Å².